The number of hydrogen-bond acceptors (Lipinski definition) is 4. The highest BCUT2D eigenvalue weighted by atomic mass is 35.5. The van der Waals surface area contributed by atoms with E-state index < -0.39 is 22.0 Å². The smallest absolute Gasteiger partial charge is 0.321 e. The monoisotopic (exact) mass is 480 g/mol. The van der Waals surface area contributed by atoms with Gasteiger partial charge in [-0.3, -0.25) is 4.79 Å². The Bertz CT molecular complexity index is 1250. The Balaban J connectivity index is 2.22. The van der Waals surface area contributed by atoms with Gasteiger partial charge in [0.25, 0.3) is 0 Å². The molecule has 0 bridgehead atoms. The molecule has 3 rings (SSSR count). The predicted octanol–water partition coefficient (Wildman–Crippen LogP) is 5.32. The zero-order valence-electron chi connectivity index (χ0n) is 16.7. The van der Waals surface area contributed by atoms with E-state index in [0.717, 1.165) is 11.8 Å². The molecule has 0 saturated carbocycles. The summed E-state index contributed by atoms with van der Waals surface area (Å²) in [5.74, 6) is -1.25. The average Bonchev–Trinajstić information content (AvgIpc) is 2.70. The Labute approximate surface area is 191 Å². The number of halogens is 2. The summed E-state index contributed by atoms with van der Waals surface area (Å²) in [6, 6.07) is 12.1. The number of unbranched alkanes of at least 4 members (excludes halogenated alkanes) is 1. The normalized spacial score (nSPS) is 12.7. The lowest BCUT2D eigenvalue weighted by Gasteiger charge is -2.19. The molecule has 0 aliphatic rings. The lowest BCUT2D eigenvalue weighted by molar-refractivity contribution is -0.139. The third kappa shape index (κ3) is 4.96. The Morgan fingerprint density at radius 1 is 1.13 bits per heavy atom. The summed E-state index contributed by atoms with van der Waals surface area (Å²) in [6.07, 6.45) is 1.46. The molecular weight excluding hydrogens is 459 g/mol. The second-order valence-corrected chi connectivity index (χ2v) is 9.69. The molecule has 0 amide bonds. The largest absolute Gasteiger partial charge is 0.480 e. The van der Waals surface area contributed by atoms with E-state index in [4.69, 9.17) is 28.9 Å². The molecule has 3 aromatic carbocycles. The first-order valence-corrected chi connectivity index (χ1v) is 11.9. The number of carbonyl (C=O) groups is 1. The summed E-state index contributed by atoms with van der Waals surface area (Å²) < 4.78 is 28.9. The van der Waals surface area contributed by atoms with Crippen molar-refractivity contribution in [2.45, 2.75) is 37.1 Å². The van der Waals surface area contributed by atoms with Crippen LogP contribution >= 0.6 is 23.2 Å². The number of fused-ring (bicyclic) bond motifs is 1. The van der Waals surface area contributed by atoms with E-state index in [1.807, 2.05) is 19.1 Å². The number of anilines is 1. The number of carboxylic acids is 1. The highest BCUT2D eigenvalue weighted by Crippen LogP contribution is 2.41. The van der Waals surface area contributed by atoms with Gasteiger partial charge in [0.1, 0.15) is 6.04 Å². The lowest BCUT2D eigenvalue weighted by Crippen LogP contribution is -2.40. The summed E-state index contributed by atoms with van der Waals surface area (Å²) in [7, 11) is -4.27. The topological polar surface area (TPSA) is 109 Å². The van der Waals surface area contributed by atoms with Crippen LogP contribution in [0.15, 0.2) is 53.4 Å². The summed E-state index contributed by atoms with van der Waals surface area (Å²) in [6.45, 7) is 1.90. The van der Waals surface area contributed by atoms with E-state index in [1.54, 1.807) is 24.3 Å². The number of aliphatic carboxylic acids is 1. The van der Waals surface area contributed by atoms with E-state index in [9.17, 15) is 18.3 Å². The first-order valence-electron chi connectivity index (χ1n) is 9.67. The first-order chi connectivity index (χ1) is 14.7. The number of nitrogens with two attached hydrogens (primary N) is 1. The van der Waals surface area contributed by atoms with Crippen LogP contribution in [0.4, 0.5) is 5.69 Å². The maximum Gasteiger partial charge on any atom is 0.321 e. The molecule has 0 spiro atoms. The first kappa shape index (κ1) is 23.3. The van der Waals surface area contributed by atoms with Crippen LogP contribution in [0.5, 0.6) is 0 Å². The minimum atomic E-state index is -4.27. The van der Waals surface area contributed by atoms with Crippen molar-refractivity contribution in [3.05, 3.63) is 58.6 Å². The van der Waals surface area contributed by atoms with Gasteiger partial charge in [0.15, 0.2) is 0 Å². The molecular formula is C22H22Cl2N2O4S. The standard InChI is InChI=1S/C22H22Cl2N2O4S/c1-2-3-10-19(22(27)28)26-31(29,30)20-12-13(23)11-17(24)21(20)16-8-4-7-15-14(16)6-5-9-18(15)25/h4-9,11-12,19,26H,2-3,10,25H2,1H3,(H,27,28). The van der Waals surface area contributed by atoms with Crippen molar-refractivity contribution in [3.8, 4) is 11.1 Å². The molecule has 0 aliphatic heterocycles. The summed E-state index contributed by atoms with van der Waals surface area (Å²) >= 11 is 12.6. The van der Waals surface area contributed by atoms with Gasteiger partial charge in [-0.2, -0.15) is 4.72 Å². The van der Waals surface area contributed by atoms with Crippen molar-refractivity contribution in [1.29, 1.82) is 0 Å². The molecule has 3 aromatic rings. The highest BCUT2D eigenvalue weighted by Gasteiger charge is 2.29. The molecule has 164 valence electrons. The molecule has 0 saturated heterocycles. The van der Waals surface area contributed by atoms with Gasteiger partial charge in [0.2, 0.25) is 10.0 Å². The Hall–Kier alpha value is -2.32. The number of hydrogen-bond donors (Lipinski definition) is 3. The number of sulfonamides is 1. The van der Waals surface area contributed by atoms with Crippen molar-refractivity contribution in [3.63, 3.8) is 0 Å². The second kappa shape index (κ2) is 9.44. The fraction of sp³-hybridized carbons (Fsp3) is 0.227. The quantitative estimate of drug-likeness (QED) is 0.378. The van der Waals surface area contributed by atoms with E-state index in [-0.39, 0.29) is 26.9 Å². The minimum Gasteiger partial charge on any atom is -0.480 e. The summed E-state index contributed by atoms with van der Waals surface area (Å²) in [5.41, 5.74) is 7.40. The summed E-state index contributed by atoms with van der Waals surface area (Å²) in [5, 5.41) is 11.2. The Morgan fingerprint density at radius 3 is 2.48 bits per heavy atom. The molecule has 4 N–H and O–H groups in total. The maximum atomic E-state index is 13.3. The third-order valence-corrected chi connectivity index (χ3v) is 6.99. The number of nitrogen functional groups attached to an aromatic ring is 1. The number of benzene rings is 3. The molecule has 0 radical (unpaired) electrons. The second-order valence-electron chi connectivity index (χ2n) is 7.16. The Kier molecular flexibility index (Phi) is 7.11. The van der Waals surface area contributed by atoms with Gasteiger partial charge in [-0.1, -0.05) is 73.3 Å². The fourth-order valence-corrected chi connectivity index (χ4v) is 5.67. The van der Waals surface area contributed by atoms with Crippen molar-refractivity contribution < 1.29 is 18.3 Å². The fourth-order valence-electron chi connectivity index (χ4n) is 3.47. The van der Waals surface area contributed by atoms with Crippen LogP contribution in [0.2, 0.25) is 10.0 Å². The van der Waals surface area contributed by atoms with E-state index in [1.165, 1.54) is 12.1 Å². The minimum absolute atomic E-state index is 0.120. The zero-order chi connectivity index (χ0) is 22.8. The van der Waals surface area contributed by atoms with Crippen molar-refractivity contribution >= 4 is 55.7 Å². The molecule has 31 heavy (non-hydrogen) atoms. The van der Waals surface area contributed by atoms with Crippen LogP contribution in [-0.4, -0.2) is 25.5 Å². The SMILES string of the molecule is CCCCC(NS(=O)(=O)c1cc(Cl)cc(Cl)c1-c1cccc2c(N)cccc12)C(=O)O. The molecule has 0 fully saturated rings. The molecule has 0 heterocycles. The van der Waals surface area contributed by atoms with E-state index in [2.05, 4.69) is 4.72 Å². The maximum absolute atomic E-state index is 13.3. The molecule has 0 aliphatic carbocycles. The van der Waals surface area contributed by atoms with Crippen LogP contribution in [0.25, 0.3) is 21.9 Å². The van der Waals surface area contributed by atoms with Crippen LogP contribution in [0, 0.1) is 0 Å². The van der Waals surface area contributed by atoms with E-state index in [0.29, 0.717) is 23.1 Å². The average molecular weight is 481 g/mol. The van der Waals surface area contributed by atoms with Gasteiger partial charge in [0, 0.05) is 21.7 Å². The molecule has 1 unspecified atom stereocenters. The predicted molar refractivity (Wildman–Crippen MR) is 125 cm³/mol. The van der Waals surface area contributed by atoms with Crippen molar-refractivity contribution in [2.75, 3.05) is 5.73 Å². The number of rotatable bonds is 8. The zero-order valence-corrected chi connectivity index (χ0v) is 19.1. The van der Waals surface area contributed by atoms with Gasteiger partial charge in [0.05, 0.1) is 9.92 Å². The molecule has 0 aromatic heterocycles. The van der Waals surface area contributed by atoms with Crippen LogP contribution in [0.1, 0.15) is 26.2 Å². The van der Waals surface area contributed by atoms with Gasteiger partial charge in [-0.15, -0.1) is 0 Å². The number of carboxylic acid groups (broad SMARTS) is 1. The summed E-state index contributed by atoms with van der Waals surface area (Å²) in [4.78, 5) is 11.4. The van der Waals surface area contributed by atoms with E-state index >= 15 is 0 Å². The third-order valence-electron chi connectivity index (χ3n) is 4.98. The van der Waals surface area contributed by atoms with Crippen LogP contribution in [0.3, 0.4) is 0 Å². The van der Waals surface area contributed by atoms with Gasteiger partial charge in [-0.05, 0) is 35.6 Å². The molecule has 9 heteroatoms. The number of nitrogens with one attached hydrogen (secondary N) is 1. The molecule has 6 nitrogen and oxygen atoms in total. The Morgan fingerprint density at radius 2 is 1.81 bits per heavy atom. The van der Waals surface area contributed by atoms with Gasteiger partial charge >= 0.3 is 5.97 Å². The van der Waals surface area contributed by atoms with Gasteiger partial charge in [-0.25, -0.2) is 8.42 Å². The van der Waals surface area contributed by atoms with Crippen molar-refractivity contribution in [1.82, 2.24) is 4.72 Å². The highest BCUT2D eigenvalue weighted by molar-refractivity contribution is 7.89. The lowest BCUT2D eigenvalue weighted by atomic mass is 9.97. The van der Waals surface area contributed by atoms with Crippen molar-refractivity contribution in [2.24, 2.45) is 0 Å². The molecule has 1 atom stereocenters. The van der Waals surface area contributed by atoms with Crippen LogP contribution in [-0.2, 0) is 14.8 Å². The van der Waals surface area contributed by atoms with Crippen LogP contribution < -0.4 is 10.5 Å². The van der Waals surface area contributed by atoms with Gasteiger partial charge < -0.3 is 10.8 Å².